The first-order valence-corrected chi connectivity index (χ1v) is 10.7. The molecule has 0 spiro atoms. The molecule has 6 N–H and O–H groups in total. The Bertz CT molecular complexity index is 640. The SMILES string of the molecule is CC1CC(CC2CCC(N)C(C)C2)CCC1N.O=C(O)c1cccc(C(=O)O)c1. The van der Waals surface area contributed by atoms with Crippen LogP contribution in [0.15, 0.2) is 24.3 Å². The Morgan fingerprint density at radius 3 is 1.62 bits per heavy atom. The van der Waals surface area contributed by atoms with Gasteiger partial charge in [-0.05, 0) is 86.8 Å². The normalized spacial score (nSPS) is 32.0. The average molecular weight is 405 g/mol. The topological polar surface area (TPSA) is 127 Å². The minimum atomic E-state index is -1.13. The van der Waals surface area contributed by atoms with Crippen molar-refractivity contribution in [3.05, 3.63) is 35.4 Å². The van der Waals surface area contributed by atoms with Crippen LogP contribution in [-0.4, -0.2) is 34.2 Å². The average Bonchev–Trinajstić information content (AvgIpc) is 2.68. The Labute approximate surface area is 173 Å². The third kappa shape index (κ3) is 7.12. The van der Waals surface area contributed by atoms with Gasteiger partial charge in [-0.1, -0.05) is 19.9 Å². The molecule has 3 rings (SSSR count). The highest BCUT2D eigenvalue weighted by atomic mass is 16.4. The van der Waals surface area contributed by atoms with Crippen molar-refractivity contribution in [2.24, 2.45) is 35.1 Å². The minimum absolute atomic E-state index is 0.0186. The maximum Gasteiger partial charge on any atom is 0.335 e. The molecular weight excluding hydrogens is 368 g/mol. The molecule has 6 nitrogen and oxygen atoms in total. The smallest absolute Gasteiger partial charge is 0.335 e. The molecule has 162 valence electrons. The molecule has 6 unspecified atom stereocenters. The van der Waals surface area contributed by atoms with Gasteiger partial charge in [0.1, 0.15) is 0 Å². The van der Waals surface area contributed by atoms with Crippen molar-refractivity contribution in [2.45, 2.75) is 70.9 Å². The number of benzene rings is 1. The van der Waals surface area contributed by atoms with Crippen LogP contribution >= 0.6 is 0 Å². The van der Waals surface area contributed by atoms with Gasteiger partial charge < -0.3 is 21.7 Å². The van der Waals surface area contributed by atoms with Crippen molar-refractivity contribution in [3.8, 4) is 0 Å². The van der Waals surface area contributed by atoms with Gasteiger partial charge in [-0.15, -0.1) is 0 Å². The predicted molar refractivity (Wildman–Crippen MR) is 114 cm³/mol. The summed E-state index contributed by atoms with van der Waals surface area (Å²) in [5.74, 6) is 1.10. The van der Waals surface area contributed by atoms with Gasteiger partial charge in [0.15, 0.2) is 0 Å². The van der Waals surface area contributed by atoms with Gasteiger partial charge in [0.25, 0.3) is 0 Å². The van der Waals surface area contributed by atoms with E-state index in [9.17, 15) is 9.59 Å². The van der Waals surface area contributed by atoms with E-state index in [2.05, 4.69) is 13.8 Å². The van der Waals surface area contributed by atoms with E-state index >= 15 is 0 Å². The van der Waals surface area contributed by atoms with Gasteiger partial charge in [-0.3, -0.25) is 0 Å². The van der Waals surface area contributed by atoms with Crippen molar-refractivity contribution in [1.29, 1.82) is 0 Å². The fraction of sp³-hybridized carbons (Fsp3) is 0.652. The second kappa shape index (κ2) is 10.7. The van der Waals surface area contributed by atoms with Gasteiger partial charge in [-0.25, -0.2) is 9.59 Å². The lowest BCUT2D eigenvalue weighted by molar-refractivity contribution is 0.0696. The first kappa shape index (κ1) is 23.4. The Hall–Kier alpha value is -1.92. The van der Waals surface area contributed by atoms with Crippen molar-refractivity contribution >= 4 is 11.9 Å². The Balaban J connectivity index is 0.000000221. The zero-order chi connectivity index (χ0) is 21.6. The van der Waals surface area contributed by atoms with Gasteiger partial charge in [0.05, 0.1) is 11.1 Å². The molecule has 2 aliphatic carbocycles. The summed E-state index contributed by atoms with van der Waals surface area (Å²) < 4.78 is 0. The number of hydrogen-bond donors (Lipinski definition) is 4. The van der Waals surface area contributed by atoms with E-state index in [1.54, 1.807) is 0 Å². The molecule has 0 aliphatic heterocycles. The summed E-state index contributed by atoms with van der Waals surface area (Å²) in [5, 5.41) is 17.0. The summed E-state index contributed by atoms with van der Waals surface area (Å²) in [6.07, 6.45) is 9.37. The number of carboxylic acids is 2. The van der Waals surface area contributed by atoms with Crippen LogP contribution in [0.4, 0.5) is 0 Å². The molecule has 2 fully saturated rings. The predicted octanol–water partition coefficient (Wildman–Crippen LogP) is 3.99. The fourth-order valence-electron chi connectivity index (χ4n) is 4.75. The van der Waals surface area contributed by atoms with E-state index in [-0.39, 0.29) is 11.1 Å². The van der Waals surface area contributed by atoms with Crippen LogP contribution in [0.1, 0.15) is 79.5 Å². The lowest BCUT2D eigenvalue weighted by Gasteiger charge is -2.37. The first-order chi connectivity index (χ1) is 13.7. The number of hydrogen-bond acceptors (Lipinski definition) is 4. The number of nitrogens with two attached hydrogens (primary N) is 2. The van der Waals surface area contributed by atoms with E-state index in [1.165, 1.54) is 63.1 Å². The zero-order valence-corrected chi connectivity index (χ0v) is 17.6. The summed E-state index contributed by atoms with van der Waals surface area (Å²) in [6, 6.07) is 6.12. The van der Waals surface area contributed by atoms with Crippen molar-refractivity contribution in [2.75, 3.05) is 0 Å². The molecule has 1 aromatic carbocycles. The molecule has 6 atom stereocenters. The number of rotatable bonds is 4. The Morgan fingerprint density at radius 2 is 1.28 bits per heavy atom. The largest absolute Gasteiger partial charge is 0.478 e. The van der Waals surface area contributed by atoms with Crippen LogP contribution < -0.4 is 11.5 Å². The zero-order valence-electron chi connectivity index (χ0n) is 17.6. The lowest BCUT2D eigenvalue weighted by atomic mass is 9.71. The number of carboxylic acid groups (broad SMARTS) is 2. The summed E-state index contributed by atoms with van der Waals surface area (Å²) in [4.78, 5) is 20.8. The summed E-state index contributed by atoms with van der Waals surface area (Å²) in [5.41, 5.74) is 12.2. The Kier molecular flexibility index (Phi) is 8.65. The lowest BCUT2D eigenvalue weighted by Crippen LogP contribution is -2.37. The first-order valence-electron chi connectivity index (χ1n) is 10.7. The molecule has 2 aliphatic rings. The maximum atomic E-state index is 10.4. The fourth-order valence-corrected chi connectivity index (χ4v) is 4.75. The van der Waals surface area contributed by atoms with E-state index in [1.807, 2.05) is 0 Å². The molecule has 0 amide bonds. The highest BCUT2D eigenvalue weighted by Crippen LogP contribution is 2.38. The van der Waals surface area contributed by atoms with Gasteiger partial charge in [0.2, 0.25) is 0 Å². The molecular formula is C23H36N2O4. The van der Waals surface area contributed by atoms with E-state index in [0.717, 1.165) is 29.7 Å². The maximum absolute atomic E-state index is 10.4. The molecule has 0 saturated heterocycles. The molecule has 0 aromatic heterocycles. The quantitative estimate of drug-likeness (QED) is 0.601. The molecule has 1 aromatic rings. The van der Waals surface area contributed by atoms with E-state index in [4.69, 9.17) is 21.7 Å². The van der Waals surface area contributed by atoms with Crippen LogP contribution in [-0.2, 0) is 0 Å². The number of aromatic carboxylic acids is 2. The summed E-state index contributed by atoms with van der Waals surface area (Å²) >= 11 is 0. The van der Waals surface area contributed by atoms with Gasteiger partial charge >= 0.3 is 11.9 Å². The molecule has 6 heteroatoms. The van der Waals surface area contributed by atoms with Crippen LogP contribution in [0.25, 0.3) is 0 Å². The number of carbonyl (C=O) groups is 2. The Morgan fingerprint density at radius 1 is 0.862 bits per heavy atom. The van der Waals surface area contributed by atoms with E-state index in [0.29, 0.717) is 12.1 Å². The molecule has 29 heavy (non-hydrogen) atoms. The highest BCUT2D eigenvalue weighted by Gasteiger charge is 2.30. The molecule has 0 heterocycles. The molecule has 0 bridgehead atoms. The monoisotopic (exact) mass is 404 g/mol. The van der Waals surface area contributed by atoms with Crippen LogP contribution in [0.3, 0.4) is 0 Å². The highest BCUT2D eigenvalue weighted by molar-refractivity contribution is 5.93. The van der Waals surface area contributed by atoms with Gasteiger partial charge in [0, 0.05) is 12.1 Å². The summed E-state index contributed by atoms with van der Waals surface area (Å²) in [6.45, 7) is 4.66. The second-order valence-electron chi connectivity index (χ2n) is 9.07. The molecule has 2 saturated carbocycles. The van der Waals surface area contributed by atoms with Crippen LogP contribution in [0.5, 0.6) is 0 Å². The summed E-state index contributed by atoms with van der Waals surface area (Å²) in [7, 11) is 0. The van der Waals surface area contributed by atoms with Crippen LogP contribution in [0, 0.1) is 23.7 Å². The van der Waals surface area contributed by atoms with Crippen LogP contribution in [0.2, 0.25) is 0 Å². The third-order valence-electron chi connectivity index (χ3n) is 6.71. The van der Waals surface area contributed by atoms with Crippen molar-refractivity contribution in [3.63, 3.8) is 0 Å². The minimum Gasteiger partial charge on any atom is -0.478 e. The second-order valence-corrected chi connectivity index (χ2v) is 9.07. The third-order valence-corrected chi connectivity index (χ3v) is 6.71. The molecule has 0 radical (unpaired) electrons. The van der Waals surface area contributed by atoms with Crippen molar-refractivity contribution < 1.29 is 19.8 Å². The van der Waals surface area contributed by atoms with E-state index < -0.39 is 11.9 Å². The standard InChI is InChI=1S/C15H30N2.C8H6O4/c1-10-7-12(3-5-14(10)16)9-13-4-6-15(17)11(2)8-13;9-7(10)5-2-1-3-6(4-5)8(11)12/h10-15H,3-9,16-17H2,1-2H3;1-4H,(H,9,10)(H,11,12). The van der Waals surface area contributed by atoms with Crippen molar-refractivity contribution in [1.82, 2.24) is 0 Å². The van der Waals surface area contributed by atoms with Gasteiger partial charge in [-0.2, -0.15) is 0 Å².